The van der Waals surface area contributed by atoms with Crippen molar-refractivity contribution in [2.45, 2.75) is 20.3 Å². The van der Waals surface area contributed by atoms with Crippen LogP contribution in [0.5, 0.6) is 0 Å². The summed E-state index contributed by atoms with van der Waals surface area (Å²) in [5, 5.41) is 11.1. The Hall–Kier alpha value is -2.17. The maximum Gasteiger partial charge on any atom is 0.293 e. The molecule has 1 heterocycles. The molecule has 19 heavy (non-hydrogen) atoms. The lowest BCUT2D eigenvalue weighted by molar-refractivity contribution is -0.384. The minimum Gasteiger partial charge on any atom is -0.306 e. The second-order valence-electron chi connectivity index (χ2n) is 4.89. The van der Waals surface area contributed by atoms with Gasteiger partial charge in [-0.15, -0.1) is 6.58 Å². The molecule has 1 aromatic carbocycles. The number of anilines is 1. The Morgan fingerprint density at radius 2 is 2.05 bits per heavy atom. The topological polar surface area (TPSA) is 63.5 Å². The number of nitrogens with zero attached hydrogens (tertiary/aromatic N) is 2. The second-order valence-corrected chi connectivity index (χ2v) is 4.89. The molecule has 0 aromatic heterocycles. The summed E-state index contributed by atoms with van der Waals surface area (Å²) >= 11 is 0. The molecule has 0 radical (unpaired) electrons. The van der Waals surface area contributed by atoms with Gasteiger partial charge in [-0.2, -0.15) is 0 Å². The van der Waals surface area contributed by atoms with Gasteiger partial charge in [0.25, 0.3) is 5.69 Å². The van der Waals surface area contributed by atoms with Gasteiger partial charge in [0.1, 0.15) is 5.69 Å². The predicted molar refractivity (Wildman–Crippen MR) is 73.2 cm³/mol. The van der Waals surface area contributed by atoms with Crippen molar-refractivity contribution in [3.8, 4) is 0 Å². The molecule has 1 saturated heterocycles. The van der Waals surface area contributed by atoms with E-state index in [1.807, 2.05) is 13.8 Å². The molecule has 0 aliphatic carbocycles. The number of carbonyl (C=O) groups is 1. The van der Waals surface area contributed by atoms with Crippen molar-refractivity contribution >= 4 is 17.3 Å². The van der Waals surface area contributed by atoms with E-state index in [1.165, 1.54) is 11.0 Å². The lowest BCUT2D eigenvalue weighted by Gasteiger charge is -2.17. The lowest BCUT2D eigenvalue weighted by atomic mass is 10.1. The van der Waals surface area contributed by atoms with Gasteiger partial charge in [-0.1, -0.05) is 6.08 Å². The van der Waals surface area contributed by atoms with E-state index in [-0.39, 0.29) is 17.5 Å². The standard InChI is InChI=1S/C14H16N2O3/c1-4-11-7-14(17)15(8-11)12-5-9(2)10(3)6-13(12)16(18)19/h4-6,11H,1,7-8H2,2-3H3. The Morgan fingerprint density at radius 1 is 1.42 bits per heavy atom. The summed E-state index contributed by atoms with van der Waals surface area (Å²) in [7, 11) is 0. The zero-order valence-electron chi connectivity index (χ0n) is 11.0. The van der Waals surface area contributed by atoms with Crippen molar-refractivity contribution in [1.82, 2.24) is 0 Å². The van der Waals surface area contributed by atoms with Crippen LogP contribution in [0.2, 0.25) is 0 Å². The molecule has 1 aliphatic heterocycles. The zero-order chi connectivity index (χ0) is 14.2. The minimum absolute atomic E-state index is 0.0128. The van der Waals surface area contributed by atoms with Crippen LogP contribution in [0.15, 0.2) is 24.8 Å². The van der Waals surface area contributed by atoms with Crippen LogP contribution in [0.3, 0.4) is 0 Å². The van der Waals surface area contributed by atoms with Crippen LogP contribution < -0.4 is 4.90 Å². The third-order valence-electron chi connectivity index (χ3n) is 3.57. The number of aryl methyl sites for hydroxylation is 2. The molecule has 1 amide bonds. The number of benzene rings is 1. The van der Waals surface area contributed by atoms with Crippen LogP contribution in [0.4, 0.5) is 11.4 Å². The first-order valence-electron chi connectivity index (χ1n) is 6.12. The fourth-order valence-electron chi connectivity index (χ4n) is 2.27. The third-order valence-corrected chi connectivity index (χ3v) is 3.57. The van der Waals surface area contributed by atoms with Gasteiger partial charge >= 0.3 is 0 Å². The molecular formula is C14H16N2O3. The van der Waals surface area contributed by atoms with Crippen molar-refractivity contribution < 1.29 is 9.72 Å². The van der Waals surface area contributed by atoms with E-state index >= 15 is 0 Å². The van der Waals surface area contributed by atoms with E-state index < -0.39 is 4.92 Å². The summed E-state index contributed by atoms with van der Waals surface area (Å²) in [4.78, 5) is 24.2. The van der Waals surface area contributed by atoms with E-state index in [0.717, 1.165) is 11.1 Å². The van der Waals surface area contributed by atoms with E-state index in [0.29, 0.717) is 18.7 Å². The Morgan fingerprint density at radius 3 is 2.58 bits per heavy atom. The lowest BCUT2D eigenvalue weighted by Crippen LogP contribution is -2.25. The summed E-state index contributed by atoms with van der Waals surface area (Å²) < 4.78 is 0. The number of hydrogen-bond acceptors (Lipinski definition) is 3. The Kier molecular flexibility index (Phi) is 3.38. The van der Waals surface area contributed by atoms with E-state index in [1.54, 1.807) is 12.1 Å². The van der Waals surface area contributed by atoms with Crippen molar-refractivity contribution in [3.63, 3.8) is 0 Å². The van der Waals surface area contributed by atoms with E-state index in [9.17, 15) is 14.9 Å². The third kappa shape index (κ3) is 2.36. The van der Waals surface area contributed by atoms with Crippen molar-refractivity contribution in [2.24, 2.45) is 5.92 Å². The molecule has 0 N–H and O–H groups in total. The second kappa shape index (κ2) is 4.84. The summed E-state index contributed by atoms with van der Waals surface area (Å²) in [6.45, 7) is 7.85. The van der Waals surface area contributed by atoms with Crippen LogP contribution in [-0.4, -0.2) is 17.4 Å². The molecule has 1 aromatic rings. The number of carbonyl (C=O) groups excluding carboxylic acids is 1. The van der Waals surface area contributed by atoms with E-state index in [2.05, 4.69) is 6.58 Å². The Balaban J connectivity index is 2.50. The Labute approximate surface area is 111 Å². The number of rotatable bonds is 3. The molecule has 0 saturated carbocycles. The van der Waals surface area contributed by atoms with Crippen LogP contribution in [0.1, 0.15) is 17.5 Å². The molecule has 5 nitrogen and oxygen atoms in total. The van der Waals surface area contributed by atoms with Crippen LogP contribution >= 0.6 is 0 Å². The van der Waals surface area contributed by atoms with Crippen LogP contribution in [0, 0.1) is 29.9 Å². The minimum atomic E-state index is -0.434. The molecule has 1 unspecified atom stereocenters. The number of hydrogen-bond donors (Lipinski definition) is 0. The molecule has 1 aliphatic rings. The number of amides is 1. The average Bonchev–Trinajstić information content (AvgIpc) is 2.73. The largest absolute Gasteiger partial charge is 0.306 e. The zero-order valence-corrected chi connectivity index (χ0v) is 11.0. The SMILES string of the molecule is C=CC1CC(=O)N(c2cc(C)c(C)cc2[N+](=O)[O-])C1. The molecule has 1 fully saturated rings. The molecular weight excluding hydrogens is 244 g/mol. The summed E-state index contributed by atoms with van der Waals surface area (Å²) in [5.74, 6) is -0.0232. The normalized spacial score (nSPS) is 18.7. The predicted octanol–water partition coefficient (Wildman–Crippen LogP) is 2.75. The highest BCUT2D eigenvalue weighted by Crippen LogP contribution is 2.35. The highest BCUT2D eigenvalue weighted by Gasteiger charge is 2.33. The maximum atomic E-state index is 12.0. The fourth-order valence-corrected chi connectivity index (χ4v) is 2.27. The highest BCUT2D eigenvalue weighted by molar-refractivity contribution is 5.98. The van der Waals surface area contributed by atoms with Gasteiger partial charge in [-0.25, -0.2) is 0 Å². The first kappa shape index (κ1) is 13.3. The first-order chi connectivity index (χ1) is 8.93. The maximum absolute atomic E-state index is 12.0. The molecule has 5 heteroatoms. The summed E-state index contributed by atoms with van der Waals surface area (Å²) in [5.41, 5.74) is 2.17. The van der Waals surface area contributed by atoms with Crippen LogP contribution in [-0.2, 0) is 4.79 Å². The van der Waals surface area contributed by atoms with Gasteiger partial charge in [0, 0.05) is 24.9 Å². The van der Waals surface area contributed by atoms with Crippen LogP contribution in [0.25, 0.3) is 0 Å². The molecule has 2 rings (SSSR count). The van der Waals surface area contributed by atoms with Gasteiger partial charge in [0.05, 0.1) is 4.92 Å². The van der Waals surface area contributed by atoms with Crippen molar-refractivity contribution in [1.29, 1.82) is 0 Å². The fraction of sp³-hybridized carbons (Fsp3) is 0.357. The molecule has 100 valence electrons. The quantitative estimate of drug-likeness (QED) is 0.477. The first-order valence-corrected chi connectivity index (χ1v) is 6.12. The van der Waals surface area contributed by atoms with Crippen molar-refractivity contribution in [2.75, 3.05) is 11.4 Å². The van der Waals surface area contributed by atoms with Gasteiger partial charge < -0.3 is 4.90 Å². The summed E-state index contributed by atoms with van der Waals surface area (Å²) in [6, 6.07) is 3.25. The molecule has 1 atom stereocenters. The molecule has 0 spiro atoms. The van der Waals surface area contributed by atoms with E-state index in [4.69, 9.17) is 0 Å². The Bertz CT molecular complexity index is 566. The number of nitro groups is 1. The van der Waals surface area contributed by atoms with Crippen molar-refractivity contribution in [3.05, 3.63) is 46.0 Å². The summed E-state index contributed by atoms with van der Waals surface area (Å²) in [6.07, 6.45) is 2.10. The monoisotopic (exact) mass is 260 g/mol. The number of nitro benzene ring substituents is 1. The van der Waals surface area contributed by atoms with Gasteiger partial charge in [0.2, 0.25) is 5.91 Å². The van der Waals surface area contributed by atoms with Gasteiger partial charge in [-0.3, -0.25) is 14.9 Å². The smallest absolute Gasteiger partial charge is 0.293 e. The van der Waals surface area contributed by atoms with Gasteiger partial charge in [0.15, 0.2) is 0 Å². The highest BCUT2D eigenvalue weighted by atomic mass is 16.6. The molecule has 0 bridgehead atoms. The van der Waals surface area contributed by atoms with Gasteiger partial charge in [-0.05, 0) is 31.0 Å². The average molecular weight is 260 g/mol.